The van der Waals surface area contributed by atoms with E-state index in [1.807, 2.05) is 78.9 Å². The first-order chi connectivity index (χ1) is 32.2. The first-order valence-corrected chi connectivity index (χ1v) is 21.7. The largest absolute Gasteiger partial charge is 0.454 e. The van der Waals surface area contributed by atoms with E-state index in [2.05, 4.69) is 149 Å². The number of nitriles is 1. The van der Waals surface area contributed by atoms with E-state index in [4.69, 9.17) is 14.4 Å². The number of aromatic nitrogens is 4. The summed E-state index contributed by atoms with van der Waals surface area (Å²) in [5.41, 5.74) is 14.2. The summed E-state index contributed by atoms with van der Waals surface area (Å²) in [4.78, 5) is 10.5. The molecule has 6 heteroatoms. The van der Waals surface area contributed by atoms with E-state index in [1.165, 1.54) is 10.8 Å². The molecule has 0 aliphatic carbocycles. The third-order valence-electron chi connectivity index (χ3n) is 12.8. The standard InChI is InChI=1S/C59H35N5O/c60-36-48-56(38-19-7-2-8-20-38)61-59(62-57(48)39-21-9-3-10-22-39)44-30-32-51(58-55(44)43-26-14-16-28-54(43)65-58)64-50-31-29-40(37-17-5-1-6-18-37)33-45(50)47-34-46-42-25-13-15-27-49(42)63(52(46)35-53(47)64)41-23-11-4-12-24-41/h1-35H. The second-order valence-electron chi connectivity index (χ2n) is 16.4. The molecule has 13 rings (SSSR count). The molecule has 4 heterocycles. The van der Waals surface area contributed by atoms with Crippen LogP contribution in [0, 0.1) is 11.3 Å². The van der Waals surface area contributed by atoms with Gasteiger partial charge in [0, 0.05) is 54.7 Å². The summed E-state index contributed by atoms with van der Waals surface area (Å²) in [5, 5.41) is 17.2. The lowest BCUT2D eigenvalue weighted by Gasteiger charge is -2.14. The summed E-state index contributed by atoms with van der Waals surface area (Å²) in [7, 11) is 0. The quantitative estimate of drug-likeness (QED) is 0.167. The highest BCUT2D eigenvalue weighted by Crippen LogP contribution is 2.45. The van der Waals surface area contributed by atoms with Gasteiger partial charge in [0.25, 0.3) is 0 Å². The molecule has 0 amide bonds. The van der Waals surface area contributed by atoms with Gasteiger partial charge in [0.05, 0.1) is 39.1 Å². The number of hydrogen-bond donors (Lipinski definition) is 0. The monoisotopic (exact) mass is 829 g/mol. The molecular weight excluding hydrogens is 795 g/mol. The Balaban J connectivity index is 1.14. The van der Waals surface area contributed by atoms with E-state index in [1.54, 1.807) is 0 Å². The van der Waals surface area contributed by atoms with Gasteiger partial charge in [0.2, 0.25) is 0 Å². The zero-order valence-corrected chi connectivity index (χ0v) is 34.9. The molecule has 0 aliphatic rings. The number of rotatable bonds is 6. The molecule has 0 radical (unpaired) electrons. The minimum Gasteiger partial charge on any atom is -0.454 e. The molecule has 0 atom stereocenters. The van der Waals surface area contributed by atoms with Gasteiger partial charge in [-0.1, -0.05) is 152 Å². The molecule has 65 heavy (non-hydrogen) atoms. The second-order valence-corrected chi connectivity index (χ2v) is 16.4. The van der Waals surface area contributed by atoms with Crippen LogP contribution in [0.15, 0.2) is 217 Å². The van der Waals surface area contributed by atoms with E-state index in [9.17, 15) is 5.26 Å². The average molecular weight is 830 g/mol. The fourth-order valence-electron chi connectivity index (χ4n) is 9.88. The molecule has 0 saturated carbocycles. The lowest BCUT2D eigenvalue weighted by molar-refractivity contribution is 0.666. The van der Waals surface area contributed by atoms with Gasteiger partial charge in [-0.2, -0.15) is 5.26 Å². The third-order valence-corrected chi connectivity index (χ3v) is 12.8. The second kappa shape index (κ2) is 14.5. The van der Waals surface area contributed by atoms with E-state index < -0.39 is 0 Å². The van der Waals surface area contributed by atoms with Crippen LogP contribution >= 0.6 is 0 Å². The first kappa shape index (κ1) is 36.6. The molecule has 13 aromatic rings. The summed E-state index contributed by atoms with van der Waals surface area (Å²) in [5.74, 6) is 0.508. The van der Waals surface area contributed by atoms with E-state index in [0.717, 1.165) is 88.4 Å². The average Bonchev–Trinajstić information content (AvgIpc) is 4.03. The molecule has 0 N–H and O–H groups in total. The number of nitrogens with zero attached hydrogens (tertiary/aromatic N) is 5. The van der Waals surface area contributed by atoms with Gasteiger partial charge in [0.1, 0.15) is 17.2 Å². The number of fused-ring (bicyclic) bond motifs is 9. The lowest BCUT2D eigenvalue weighted by Crippen LogP contribution is -2.02. The van der Waals surface area contributed by atoms with Crippen LogP contribution in [0.25, 0.3) is 122 Å². The van der Waals surface area contributed by atoms with Crippen LogP contribution in [0.4, 0.5) is 0 Å². The SMILES string of the molecule is N#Cc1c(-c2ccccc2)nc(-c2ccc(-n3c4ccc(-c5ccccc5)cc4c4cc5c6ccccc6n(-c6ccccc6)c5cc43)c3oc4ccccc4c23)nc1-c1ccccc1. The van der Waals surface area contributed by atoms with E-state index in [-0.39, 0.29) is 0 Å². The molecule has 0 saturated heterocycles. The fraction of sp³-hybridized carbons (Fsp3) is 0. The van der Waals surface area contributed by atoms with Crippen LogP contribution in [-0.2, 0) is 0 Å². The summed E-state index contributed by atoms with van der Waals surface area (Å²) in [6, 6.07) is 76.1. The molecular formula is C59H35N5O. The maximum absolute atomic E-state index is 10.7. The molecule has 302 valence electrons. The zero-order chi connectivity index (χ0) is 43.0. The van der Waals surface area contributed by atoms with Gasteiger partial charge < -0.3 is 13.6 Å². The van der Waals surface area contributed by atoms with Crippen molar-refractivity contribution >= 4 is 65.6 Å². The van der Waals surface area contributed by atoms with Crippen molar-refractivity contribution in [1.29, 1.82) is 5.26 Å². The van der Waals surface area contributed by atoms with Gasteiger partial charge in [-0.15, -0.1) is 0 Å². The van der Waals surface area contributed by atoms with Gasteiger partial charge >= 0.3 is 0 Å². The highest BCUT2D eigenvalue weighted by molar-refractivity contribution is 6.21. The first-order valence-electron chi connectivity index (χ1n) is 21.7. The molecule has 0 unspecified atom stereocenters. The van der Waals surface area contributed by atoms with Gasteiger partial charge in [-0.3, -0.25) is 0 Å². The van der Waals surface area contributed by atoms with Crippen LogP contribution in [-0.4, -0.2) is 19.1 Å². The van der Waals surface area contributed by atoms with Crippen LogP contribution in [0.2, 0.25) is 0 Å². The van der Waals surface area contributed by atoms with Crippen molar-refractivity contribution in [2.45, 2.75) is 0 Å². The molecule has 9 aromatic carbocycles. The van der Waals surface area contributed by atoms with Gasteiger partial charge in [0.15, 0.2) is 11.4 Å². The number of benzene rings is 9. The van der Waals surface area contributed by atoms with Crippen molar-refractivity contribution < 1.29 is 4.42 Å². The Morgan fingerprint density at radius 3 is 1.66 bits per heavy atom. The Labute approximate surface area is 373 Å². The van der Waals surface area contributed by atoms with Gasteiger partial charge in [-0.05, 0) is 71.8 Å². The molecule has 0 aliphatic heterocycles. The zero-order valence-electron chi connectivity index (χ0n) is 34.9. The molecule has 0 bridgehead atoms. The predicted molar refractivity (Wildman–Crippen MR) is 264 cm³/mol. The van der Waals surface area contributed by atoms with Gasteiger partial charge in [-0.25, -0.2) is 9.97 Å². The Bertz CT molecular complexity index is 3990. The summed E-state index contributed by atoms with van der Waals surface area (Å²) in [6.45, 7) is 0. The normalized spacial score (nSPS) is 11.7. The fourth-order valence-corrected chi connectivity index (χ4v) is 9.88. The van der Waals surface area contributed by atoms with Crippen molar-refractivity contribution in [1.82, 2.24) is 19.1 Å². The third kappa shape index (κ3) is 5.66. The van der Waals surface area contributed by atoms with Crippen molar-refractivity contribution in [3.8, 4) is 62.5 Å². The smallest absolute Gasteiger partial charge is 0.161 e. The molecule has 0 fully saturated rings. The Morgan fingerprint density at radius 2 is 0.969 bits per heavy atom. The van der Waals surface area contributed by atoms with Crippen molar-refractivity contribution in [2.75, 3.05) is 0 Å². The van der Waals surface area contributed by atoms with Crippen molar-refractivity contribution in [2.24, 2.45) is 0 Å². The Morgan fingerprint density at radius 1 is 0.415 bits per heavy atom. The van der Waals surface area contributed by atoms with Crippen LogP contribution in [0.3, 0.4) is 0 Å². The highest BCUT2D eigenvalue weighted by atomic mass is 16.3. The minimum atomic E-state index is 0.426. The van der Waals surface area contributed by atoms with E-state index in [0.29, 0.717) is 28.4 Å². The van der Waals surface area contributed by atoms with Crippen molar-refractivity contribution in [3.05, 3.63) is 218 Å². The number of para-hydroxylation sites is 3. The Kier molecular flexibility index (Phi) is 8.17. The maximum Gasteiger partial charge on any atom is 0.161 e. The number of furan rings is 1. The van der Waals surface area contributed by atoms with Crippen LogP contribution in [0.5, 0.6) is 0 Å². The summed E-state index contributed by atoms with van der Waals surface area (Å²) >= 11 is 0. The predicted octanol–water partition coefficient (Wildman–Crippen LogP) is 15.1. The minimum absolute atomic E-state index is 0.426. The molecule has 6 nitrogen and oxygen atoms in total. The number of hydrogen-bond acceptors (Lipinski definition) is 4. The summed E-state index contributed by atoms with van der Waals surface area (Å²) in [6.07, 6.45) is 0. The molecule has 0 spiro atoms. The maximum atomic E-state index is 10.7. The summed E-state index contributed by atoms with van der Waals surface area (Å²) < 4.78 is 11.8. The molecule has 4 aromatic heterocycles. The topological polar surface area (TPSA) is 72.6 Å². The van der Waals surface area contributed by atoms with Crippen LogP contribution in [0.1, 0.15) is 5.56 Å². The van der Waals surface area contributed by atoms with E-state index >= 15 is 0 Å². The lowest BCUT2D eigenvalue weighted by atomic mass is 9.99. The highest BCUT2D eigenvalue weighted by Gasteiger charge is 2.26. The van der Waals surface area contributed by atoms with Crippen LogP contribution < -0.4 is 0 Å². The Hall–Kier alpha value is -9.05. The van der Waals surface area contributed by atoms with Crippen molar-refractivity contribution in [3.63, 3.8) is 0 Å².